The molecule has 9 nitrogen and oxygen atoms in total. The maximum Gasteiger partial charge on any atom is 0.242 e. The SMILES string of the molecule is O=C(CCc1nc2ccccc2[nH]1)N1CC(=O)N(CC2CCOCC2)CC(OCc2cccnc2)C1. The van der Waals surface area contributed by atoms with Crippen LogP contribution in [-0.2, 0) is 32.1 Å². The fourth-order valence-electron chi connectivity index (χ4n) is 4.90. The number of benzene rings is 1. The fourth-order valence-corrected chi connectivity index (χ4v) is 4.90. The van der Waals surface area contributed by atoms with E-state index in [-0.39, 0.29) is 30.9 Å². The minimum atomic E-state index is -0.272. The largest absolute Gasteiger partial charge is 0.381 e. The summed E-state index contributed by atoms with van der Waals surface area (Å²) in [6, 6.07) is 11.7. The molecule has 2 aliphatic rings. The molecule has 2 aromatic heterocycles. The van der Waals surface area contributed by atoms with E-state index < -0.39 is 0 Å². The highest BCUT2D eigenvalue weighted by Crippen LogP contribution is 2.20. The van der Waals surface area contributed by atoms with Crippen molar-refractivity contribution in [1.29, 1.82) is 0 Å². The number of carbonyl (C=O) groups excluding carboxylic acids is 2. The maximum atomic E-state index is 13.2. The highest BCUT2D eigenvalue weighted by molar-refractivity contribution is 5.85. The van der Waals surface area contributed by atoms with Gasteiger partial charge in [0.2, 0.25) is 11.8 Å². The number of rotatable bonds is 8. The molecule has 9 heteroatoms. The van der Waals surface area contributed by atoms with Gasteiger partial charge in [0.1, 0.15) is 5.82 Å². The van der Waals surface area contributed by atoms with Crippen molar-refractivity contribution in [1.82, 2.24) is 24.8 Å². The molecule has 0 aliphatic carbocycles. The number of nitrogens with one attached hydrogen (secondary N) is 1. The number of aromatic amines is 1. The number of amides is 2. The smallest absolute Gasteiger partial charge is 0.242 e. The Morgan fingerprint density at radius 1 is 1.14 bits per heavy atom. The first kappa shape index (κ1) is 24.4. The van der Waals surface area contributed by atoms with Gasteiger partial charge in [0, 0.05) is 58.1 Å². The molecule has 2 amide bonds. The lowest BCUT2D eigenvalue weighted by atomic mass is 9.99. The summed E-state index contributed by atoms with van der Waals surface area (Å²) in [5, 5.41) is 0. The Morgan fingerprint density at radius 2 is 2.00 bits per heavy atom. The molecule has 0 radical (unpaired) electrons. The topological polar surface area (TPSA) is 101 Å². The van der Waals surface area contributed by atoms with Crippen molar-refractivity contribution in [2.45, 2.75) is 38.4 Å². The highest BCUT2D eigenvalue weighted by atomic mass is 16.5. The van der Waals surface area contributed by atoms with Crippen LogP contribution in [0.25, 0.3) is 11.0 Å². The Labute approximate surface area is 210 Å². The molecule has 5 rings (SSSR count). The Kier molecular flexibility index (Phi) is 7.88. The fraction of sp³-hybridized carbons (Fsp3) is 0.481. The van der Waals surface area contributed by atoms with E-state index in [0.717, 1.165) is 48.5 Å². The molecule has 1 N–H and O–H groups in total. The Balaban J connectivity index is 1.25. The predicted molar refractivity (Wildman–Crippen MR) is 134 cm³/mol. The van der Waals surface area contributed by atoms with Crippen molar-refractivity contribution in [3.05, 3.63) is 60.2 Å². The molecule has 2 fully saturated rings. The first-order chi connectivity index (χ1) is 17.6. The Hall–Kier alpha value is -3.30. The van der Waals surface area contributed by atoms with Crippen LogP contribution >= 0.6 is 0 Å². The standard InChI is InChI=1S/C27H33N5O4/c33-26(8-7-25-29-23-5-1-2-6-24(23)30-25)32-17-22(36-19-21-4-3-11-28-14-21)16-31(27(34)18-32)15-20-9-12-35-13-10-20/h1-6,11,14,20,22H,7-10,12-13,15-19H2,(H,29,30). The average molecular weight is 492 g/mol. The third kappa shape index (κ3) is 6.27. The van der Waals surface area contributed by atoms with Gasteiger partial charge in [-0.05, 0) is 42.5 Å². The zero-order valence-corrected chi connectivity index (χ0v) is 20.5. The van der Waals surface area contributed by atoms with Crippen LogP contribution in [0.2, 0.25) is 0 Å². The molecule has 1 unspecified atom stereocenters. The van der Waals surface area contributed by atoms with Crippen LogP contribution in [0.15, 0.2) is 48.8 Å². The minimum absolute atomic E-state index is 0.0222. The molecule has 2 saturated heterocycles. The monoisotopic (exact) mass is 491 g/mol. The number of hydrogen-bond acceptors (Lipinski definition) is 6. The summed E-state index contributed by atoms with van der Waals surface area (Å²) >= 11 is 0. The third-order valence-corrected chi connectivity index (χ3v) is 6.92. The van der Waals surface area contributed by atoms with Crippen molar-refractivity contribution in [2.75, 3.05) is 39.4 Å². The van der Waals surface area contributed by atoms with Crippen molar-refractivity contribution in [2.24, 2.45) is 5.92 Å². The summed E-state index contributed by atoms with van der Waals surface area (Å²) in [6.07, 6.45) is 5.90. The van der Waals surface area contributed by atoms with Gasteiger partial charge >= 0.3 is 0 Å². The quantitative estimate of drug-likeness (QED) is 0.520. The number of para-hydroxylation sites is 2. The van der Waals surface area contributed by atoms with Crippen LogP contribution in [0.3, 0.4) is 0 Å². The molecule has 2 aliphatic heterocycles. The number of H-pyrrole nitrogens is 1. The number of nitrogens with zero attached hydrogens (tertiary/aromatic N) is 4. The number of imidazole rings is 1. The van der Waals surface area contributed by atoms with Gasteiger partial charge in [-0.2, -0.15) is 0 Å². The lowest BCUT2D eigenvalue weighted by Crippen LogP contribution is -2.42. The lowest BCUT2D eigenvalue weighted by molar-refractivity contribution is -0.139. The van der Waals surface area contributed by atoms with E-state index in [1.54, 1.807) is 17.3 Å². The third-order valence-electron chi connectivity index (χ3n) is 6.92. The van der Waals surface area contributed by atoms with Crippen LogP contribution in [0.1, 0.15) is 30.7 Å². The number of carbonyl (C=O) groups is 2. The van der Waals surface area contributed by atoms with E-state index in [4.69, 9.17) is 9.47 Å². The van der Waals surface area contributed by atoms with Gasteiger partial charge in [0.25, 0.3) is 0 Å². The maximum absolute atomic E-state index is 13.2. The summed E-state index contributed by atoms with van der Waals surface area (Å²) in [7, 11) is 0. The van der Waals surface area contributed by atoms with Crippen LogP contribution in [0, 0.1) is 5.92 Å². The summed E-state index contributed by atoms with van der Waals surface area (Å²) < 4.78 is 11.7. The summed E-state index contributed by atoms with van der Waals surface area (Å²) in [5.74, 6) is 1.10. The lowest BCUT2D eigenvalue weighted by Gasteiger charge is -2.30. The van der Waals surface area contributed by atoms with Crippen LogP contribution in [0.4, 0.5) is 0 Å². The molecular formula is C27H33N5O4. The van der Waals surface area contributed by atoms with Crippen molar-refractivity contribution in [3.8, 4) is 0 Å². The number of aromatic nitrogens is 3. The van der Waals surface area contributed by atoms with E-state index >= 15 is 0 Å². The first-order valence-electron chi connectivity index (χ1n) is 12.7. The minimum Gasteiger partial charge on any atom is -0.381 e. The van der Waals surface area contributed by atoms with Gasteiger partial charge in [-0.15, -0.1) is 0 Å². The Bertz CT molecular complexity index is 1130. The summed E-state index contributed by atoms with van der Waals surface area (Å²) in [4.78, 5) is 42.0. The predicted octanol–water partition coefficient (Wildman–Crippen LogP) is 2.57. The normalized spacial score (nSPS) is 19.6. The molecule has 3 aromatic rings. The number of ether oxygens (including phenoxy) is 2. The zero-order chi connectivity index (χ0) is 24.7. The van der Waals surface area contributed by atoms with E-state index in [2.05, 4.69) is 15.0 Å². The van der Waals surface area contributed by atoms with Crippen LogP contribution in [-0.4, -0.2) is 82.1 Å². The highest BCUT2D eigenvalue weighted by Gasteiger charge is 2.32. The second-order valence-electron chi connectivity index (χ2n) is 9.62. The van der Waals surface area contributed by atoms with Gasteiger partial charge in [0.05, 0.1) is 30.3 Å². The average Bonchev–Trinajstić information content (AvgIpc) is 3.26. The van der Waals surface area contributed by atoms with Gasteiger partial charge in [-0.25, -0.2) is 4.98 Å². The van der Waals surface area contributed by atoms with Crippen LogP contribution < -0.4 is 0 Å². The molecule has 190 valence electrons. The number of hydrogen-bond donors (Lipinski definition) is 1. The van der Waals surface area contributed by atoms with E-state index in [1.807, 2.05) is 41.3 Å². The number of pyridine rings is 1. The molecule has 4 heterocycles. The second kappa shape index (κ2) is 11.6. The zero-order valence-electron chi connectivity index (χ0n) is 20.5. The molecule has 0 spiro atoms. The molecule has 0 saturated carbocycles. The number of fused-ring (bicyclic) bond motifs is 1. The van der Waals surface area contributed by atoms with Gasteiger partial charge in [-0.3, -0.25) is 14.6 Å². The summed E-state index contributed by atoms with van der Waals surface area (Å²) in [6.45, 7) is 3.48. The van der Waals surface area contributed by atoms with E-state index in [1.165, 1.54) is 0 Å². The van der Waals surface area contributed by atoms with Gasteiger partial charge in [-0.1, -0.05) is 18.2 Å². The van der Waals surface area contributed by atoms with E-state index in [0.29, 0.717) is 38.6 Å². The van der Waals surface area contributed by atoms with Gasteiger partial charge in [0.15, 0.2) is 0 Å². The Morgan fingerprint density at radius 3 is 2.81 bits per heavy atom. The summed E-state index contributed by atoms with van der Waals surface area (Å²) in [5.41, 5.74) is 2.81. The molecule has 36 heavy (non-hydrogen) atoms. The van der Waals surface area contributed by atoms with Crippen molar-refractivity contribution < 1.29 is 19.1 Å². The molecule has 0 bridgehead atoms. The van der Waals surface area contributed by atoms with Crippen LogP contribution in [0.5, 0.6) is 0 Å². The first-order valence-corrected chi connectivity index (χ1v) is 12.7. The number of aryl methyl sites for hydroxylation is 1. The molecule has 1 aromatic carbocycles. The molecule has 1 atom stereocenters. The molecular weight excluding hydrogens is 458 g/mol. The second-order valence-corrected chi connectivity index (χ2v) is 9.62. The van der Waals surface area contributed by atoms with Crippen molar-refractivity contribution in [3.63, 3.8) is 0 Å². The van der Waals surface area contributed by atoms with E-state index in [9.17, 15) is 9.59 Å². The van der Waals surface area contributed by atoms with Crippen molar-refractivity contribution >= 4 is 22.8 Å². The van der Waals surface area contributed by atoms with Gasteiger partial charge < -0.3 is 24.3 Å².